The average Bonchev–Trinajstić information content (AvgIpc) is 2.35. The fraction of sp³-hybridized carbons (Fsp3) is 0.143. The smallest absolute Gasteiger partial charge is 0.167 e. The van der Waals surface area contributed by atoms with Gasteiger partial charge in [0.05, 0.1) is 12.3 Å². The molecule has 0 aliphatic rings. The van der Waals surface area contributed by atoms with Gasteiger partial charge in [-0.3, -0.25) is 0 Å². The van der Waals surface area contributed by atoms with E-state index < -0.39 is 5.82 Å². The third-order valence-corrected chi connectivity index (χ3v) is 2.62. The molecule has 0 heterocycles. The van der Waals surface area contributed by atoms with Crippen molar-refractivity contribution in [1.82, 2.24) is 0 Å². The van der Waals surface area contributed by atoms with E-state index in [0.717, 1.165) is 0 Å². The Morgan fingerprint density at radius 3 is 2.68 bits per heavy atom. The Morgan fingerprint density at radius 1 is 1.21 bits per heavy atom. The van der Waals surface area contributed by atoms with Gasteiger partial charge in [-0.25, -0.2) is 4.39 Å². The van der Waals surface area contributed by atoms with Crippen LogP contribution in [0.25, 0.3) is 0 Å². The van der Waals surface area contributed by atoms with Gasteiger partial charge in [-0.05, 0) is 25.1 Å². The molecule has 0 fully saturated rings. The van der Waals surface area contributed by atoms with Gasteiger partial charge in [-0.1, -0.05) is 17.7 Å². The van der Waals surface area contributed by atoms with E-state index in [0.29, 0.717) is 23.1 Å². The lowest BCUT2D eigenvalue weighted by molar-refractivity contribution is 0.319. The highest BCUT2D eigenvalue weighted by atomic mass is 35.5. The molecule has 0 amide bonds. The Balaban J connectivity index is 2.31. The molecule has 100 valence electrons. The Kier molecular flexibility index (Phi) is 4.12. The van der Waals surface area contributed by atoms with Crippen molar-refractivity contribution in [3.05, 3.63) is 47.2 Å². The van der Waals surface area contributed by atoms with Gasteiger partial charge >= 0.3 is 0 Å². The largest absolute Gasteiger partial charge is 0.491 e. The zero-order valence-electron chi connectivity index (χ0n) is 10.3. The van der Waals surface area contributed by atoms with Gasteiger partial charge in [0.2, 0.25) is 0 Å². The third kappa shape index (κ3) is 3.29. The minimum Gasteiger partial charge on any atom is -0.491 e. The van der Waals surface area contributed by atoms with Crippen molar-refractivity contribution in [1.29, 1.82) is 0 Å². The third-order valence-electron chi connectivity index (χ3n) is 2.39. The molecule has 2 aromatic rings. The van der Waals surface area contributed by atoms with Crippen LogP contribution >= 0.6 is 11.6 Å². The number of anilines is 1. The summed E-state index contributed by atoms with van der Waals surface area (Å²) in [4.78, 5) is 0. The molecule has 0 saturated heterocycles. The molecule has 2 rings (SSSR count). The molecular weight excluding hydrogens is 269 g/mol. The van der Waals surface area contributed by atoms with Crippen LogP contribution in [0.5, 0.6) is 17.2 Å². The summed E-state index contributed by atoms with van der Waals surface area (Å²) in [6.45, 7) is 2.13. The monoisotopic (exact) mass is 281 g/mol. The van der Waals surface area contributed by atoms with Crippen LogP contribution in [0.1, 0.15) is 6.92 Å². The molecule has 2 N–H and O–H groups in total. The second-order valence-corrected chi connectivity index (χ2v) is 4.25. The van der Waals surface area contributed by atoms with E-state index >= 15 is 0 Å². The molecule has 0 spiro atoms. The highest BCUT2D eigenvalue weighted by Gasteiger charge is 2.11. The Hall–Kier alpha value is -1.94. The van der Waals surface area contributed by atoms with Gasteiger partial charge < -0.3 is 15.2 Å². The minimum absolute atomic E-state index is 0.105. The van der Waals surface area contributed by atoms with E-state index in [4.69, 9.17) is 26.8 Å². The van der Waals surface area contributed by atoms with Gasteiger partial charge in [-0.15, -0.1) is 0 Å². The molecule has 0 aliphatic heterocycles. The Morgan fingerprint density at radius 2 is 2.00 bits per heavy atom. The molecule has 0 aliphatic carbocycles. The van der Waals surface area contributed by atoms with E-state index in [2.05, 4.69) is 0 Å². The molecule has 0 radical (unpaired) electrons. The van der Waals surface area contributed by atoms with Gasteiger partial charge in [0, 0.05) is 17.2 Å². The zero-order chi connectivity index (χ0) is 13.8. The van der Waals surface area contributed by atoms with Crippen LogP contribution in [0.3, 0.4) is 0 Å². The molecule has 0 aromatic heterocycles. The number of hydrogen-bond donors (Lipinski definition) is 1. The maximum atomic E-state index is 13.5. The van der Waals surface area contributed by atoms with Crippen LogP contribution < -0.4 is 15.2 Å². The summed E-state index contributed by atoms with van der Waals surface area (Å²) in [7, 11) is 0. The van der Waals surface area contributed by atoms with Gasteiger partial charge in [0.1, 0.15) is 5.75 Å². The number of hydrogen-bond acceptors (Lipinski definition) is 3. The van der Waals surface area contributed by atoms with E-state index in [1.54, 1.807) is 31.2 Å². The first kappa shape index (κ1) is 13.5. The van der Waals surface area contributed by atoms with Crippen LogP contribution in [0, 0.1) is 5.82 Å². The lowest BCUT2D eigenvalue weighted by Crippen LogP contribution is -1.98. The minimum atomic E-state index is -0.516. The number of nitrogens with two attached hydrogens (primary N) is 1. The first-order valence-electron chi connectivity index (χ1n) is 5.75. The standard InChI is InChI=1S/C14H13ClFNO2/c1-2-18-13-8-14(12(17)7-11(13)16)19-10-5-3-4-9(15)6-10/h3-8H,2,17H2,1H3. The van der Waals surface area contributed by atoms with Crippen LogP contribution in [-0.4, -0.2) is 6.61 Å². The summed E-state index contributed by atoms with van der Waals surface area (Å²) in [5.74, 6) is 0.437. The number of rotatable bonds is 4. The van der Waals surface area contributed by atoms with Crippen LogP contribution in [0.4, 0.5) is 10.1 Å². The number of halogens is 2. The number of ether oxygens (including phenoxy) is 2. The normalized spacial score (nSPS) is 10.3. The second-order valence-electron chi connectivity index (χ2n) is 3.81. The van der Waals surface area contributed by atoms with Crippen molar-refractivity contribution in [2.75, 3.05) is 12.3 Å². The molecule has 0 bridgehead atoms. The summed E-state index contributed by atoms with van der Waals surface area (Å²) in [6.07, 6.45) is 0. The summed E-state index contributed by atoms with van der Waals surface area (Å²) >= 11 is 5.86. The Labute approximate surface area is 115 Å². The first-order valence-corrected chi connectivity index (χ1v) is 6.13. The summed E-state index contributed by atoms with van der Waals surface area (Å²) in [5.41, 5.74) is 5.91. The first-order chi connectivity index (χ1) is 9.10. The zero-order valence-corrected chi connectivity index (χ0v) is 11.1. The van der Waals surface area contributed by atoms with Gasteiger partial charge in [-0.2, -0.15) is 0 Å². The van der Waals surface area contributed by atoms with Crippen molar-refractivity contribution in [3.8, 4) is 17.2 Å². The predicted octanol–water partition coefficient (Wildman–Crippen LogP) is 4.25. The van der Waals surface area contributed by atoms with E-state index in [1.165, 1.54) is 12.1 Å². The van der Waals surface area contributed by atoms with Crippen LogP contribution in [0.15, 0.2) is 36.4 Å². The fourth-order valence-corrected chi connectivity index (χ4v) is 1.74. The molecule has 0 saturated carbocycles. The molecule has 3 nitrogen and oxygen atoms in total. The summed E-state index contributed by atoms with van der Waals surface area (Å²) in [6, 6.07) is 9.45. The van der Waals surface area contributed by atoms with E-state index in [-0.39, 0.29) is 11.4 Å². The highest BCUT2D eigenvalue weighted by Crippen LogP contribution is 2.34. The van der Waals surface area contributed by atoms with E-state index in [9.17, 15) is 4.39 Å². The molecule has 2 aromatic carbocycles. The topological polar surface area (TPSA) is 44.5 Å². The lowest BCUT2D eigenvalue weighted by atomic mass is 10.2. The van der Waals surface area contributed by atoms with Gasteiger partial charge in [0.25, 0.3) is 0 Å². The van der Waals surface area contributed by atoms with Crippen molar-refractivity contribution < 1.29 is 13.9 Å². The number of benzene rings is 2. The van der Waals surface area contributed by atoms with Crippen LogP contribution in [-0.2, 0) is 0 Å². The Bertz CT molecular complexity index is 590. The van der Waals surface area contributed by atoms with Crippen molar-refractivity contribution in [2.45, 2.75) is 6.92 Å². The van der Waals surface area contributed by atoms with Crippen molar-refractivity contribution in [3.63, 3.8) is 0 Å². The molecular formula is C14H13ClFNO2. The fourth-order valence-electron chi connectivity index (χ4n) is 1.56. The second kappa shape index (κ2) is 5.80. The quantitative estimate of drug-likeness (QED) is 0.852. The SMILES string of the molecule is CCOc1cc(Oc2cccc(Cl)c2)c(N)cc1F. The maximum Gasteiger partial charge on any atom is 0.167 e. The molecule has 0 atom stereocenters. The number of nitrogen functional groups attached to an aromatic ring is 1. The maximum absolute atomic E-state index is 13.5. The highest BCUT2D eigenvalue weighted by molar-refractivity contribution is 6.30. The molecule has 19 heavy (non-hydrogen) atoms. The van der Waals surface area contributed by atoms with E-state index in [1.807, 2.05) is 0 Å². The average molecular weight is 282 g/mol. The molecule has 5 heteroatoms. The summed E-state index contributed by atoms with van der Waals surface area (Å²) < 4.78 is 24.3. The molecule has 0 unspecified atom stereocenters. The lowest BCUT2D eigenvalue weighted by Gasteiger charge is -2.12. The predicted molar refractivity (Wildman–Crippen MR) is 73.5 cm³/mol. The summed E-state index contributed by atoms with van der Waals surface area (Å²) in [5, 5.41) is 0.545. The van der Waals surface area contributed by atoms with Crippen LogP contribution in [0.2, 0.25) is 5.02 Å². The van der Waals surface area contributed by atoms with Crippen molar-refractivity contribution >= 4 is 17.3 Å². The van der Waals surface area contributed by atoms with Gasteiger partial charge in [0.15, 0.2) is 17.3 Å². The van der Waals surface area contributed by atoms with Crippen molar-refractivity contribution in [2.24, 2.45) is 0 Å².